The maximum Gasteiger partial charge on any atom is 0.0595 e. The van der Waals surface area contributed by atoms with Gasteiger partial charge >= 0.3 is 0 Å². The van der Waals surface area contributed by atoms with Gasteiger partial charge in [0, 0.05) is 0 Å². The number of rotatable bonds is 2. The standard InChI is InChI=1S/C12H16Cl2/c1-12(2,3)7-6-9-4-5-10(13)11(14)8-9/h4-5,8H,6-7H2,1-3H3. The maximum absolute atomic E-state index is 5.93. The SMILES string of the molecule is CC(C)(C)CCc1ccc(Cl)c(Cl)c1. The molecule has 1 aromatic carbocycles. The molecule has 0 fully saturated rings. The number of halogens is 2. The van der Waals surface area contributed by atoms with E-state index in [0.717, 1.165) is 12.8 Å². The molecule has 0 aliphatic rings. The molecule has 0 spiro atoms. The van der Waals surface area contributed by atoms with Gasteiger partial charge < -0.3 is 0 Å². The van der Waals surface area contributed by atoms with E-state index in [4.69, 9.17) is 23.2 Å². The third kappa shape index (κ3) is 3.89. The molecule has 0 aliphatic heterocycles. The van der Waals surface area contributed by atoms with Crippen molar-refractivity contribution in [1.82, 2.24) is 0 Å². The van der Waals surface area contributed by atoms with Crippen LogP contribution in [0.15, 0.2) is 18.2 Å². The van der Waals surface area contributed by atoms with Crippen LogP contribution < -0.4 is 0 Å². The first-order valence-corrected chi connectivity index (χ1v) is 5.58. The maximum atomic E-state index is 5.93. The van der Waals surface area contributed by atoms with E-state index in [1.54, 1.807) is 0 Å². The first-order valence-electron chi connectivity index (χ1n) is 4.82. The molecule has 2 heteroatoms. The molecule has 0 N–H and O–H groups in total. The number of hydrogen-bond donors (Lipinski definition) is 0. The molecule has 78 valence electrons. The van der Waals surface area contributed by atoms with Gasteiger partial charge in [-0.15, -0.1) is 0 Å². The smallest absolute Gasteiger partial charge is 0.0595 e. The second kappa shape index (κ2) is 4.55. The summed E-state index contributed by atoms with van der Waals surface area (Å²) in [7, 11) is 0. The van der Waals surface area contributed by atoms with Gasteiger partial charge in [-0.2, -0.15) is 0 Å². The predicted octanol–water partition coefficient (Wildman–Crippen LogP) is 4.97. The van der Waals surface area contributed by atoms with E-state index < -0.39 is 0 Å². The first-order chi connectivity index (χ1) is 6.38. The number of benzene rings is 1. The lowest BCUT2D eigenvalue weighted by molar-refractivity contribution is 0.378. The summed E-state index contributed by atoms with van der Waals surface area (Å²) in [6.45, 7) is 6.72. The van der Waals surface area contributed by atoms with Gasteiger partial charge in [-0.25, -0.2) is 0 Å². The second-order valence-corrected chi connectivity index (χ2v) is 5.62. The van der Waals surface area contributed by atoms with E-state index >= 15 is 0 Å². The van der Waals surface area contributed by atoms with Gasteiger partial charge in [0.05, 0.1) is 10.0 Å². The Labute approximate surface area is 96.2 Å². The molecule has 0 amide bonds. The van der Waals surface area contributed by atoms with Crippen molar-refractivity contribution >= 4 is 23.2 Å². The molecule has 0 atom stereocenters. The Hall–Kier alpha value is -0.200. The van der Waals surface area contributed by atoms with Crippen molar-refractivity contribution in [3.05, 3.63) is 33.8 Å². The zero-order chi connectivity index (χ0) is 10.8. The highest BCUT2D eigenvalue weighted by atomic mass is 35.5. The normalized spacial score (nSPS) is 11.8. The second-order valence-electron chi connectivity index (χ2n) is 4.81. The summed E-state index contributed by atoms with van der Waals surface area (Å²) in [6.07, 6.45) is 2.21. The van der Waals surface area contributed by atoms with Gasteiger partial charge in [-0.1, -0.05) is 50.0 Å². The van der Waals surface area contributed by atoms with Crippen molar-refractivity contribution in [2.24, 2.45) is 5.41 Å². The highest BCUT2D eigenvalue weighted by molar-refractivity contribution is 6.42. The van der Waals surface area contributed by atoms with Gasteiger partial charge in [0.25, 0.3) is 0 Å². The topological polar surface area (TPSA) is 0 Å². The lowest BCUT2D eigenvalue weighted by Crippen LogP contribution is -2.06. The van der Waals surface area contributed by atoms with Crippen molar-refractivity contribution in [2.75, 3.05) is 0 Å². The first kappa shape index (κ1) is 11.9. The molecule has 0 heterocycles. The van der Waals surface area contributed by atoms with Gasteiger partial charge in [0.1, 0.15) is 0 Å². The predicted molar refractivity (Wildman–Crippen MR) is 64.2 cm³/mol. The molecule has 0 bridgehead atoms. The van der Waals surface area contributed by atoms with Gasteiger partial charge in [0.2, 0.25) is 0 Å². The van der Waals surface area contributed by atoms with E-state index in [2.05, 4.69) is 20.8 Å². The van der Waals surface area contributed by atoms with Crippen LogP contribution in [0.25, 0.3) is 0 Å². The Morgan fingerprint density at radius 1 is 1.07 bits per heavy atom. The molecule has 0 aromatic heterocycles. The molecule has 0 saturated heterocycles. The third-order valence-electron chi connectivity index (χ3n) is 2.15. The van der Waals surface area contributed by atoms with Crippen LogP contribution in [0.2, 0.25) is 10.0 Å². The molecular weight excluding hydrogens is 215 g/mol. The van der Waals surface area contributed by atoms with Gasteiger partial charge in [-0.3, -0.25) is 0 Å². The summed E-state index contributed by atoms with van der Waals surface area (Å²) >= 11 is 11.8. The minimum Gasteiger partial charge on any atom is -0.0827 e. The van der Waals surface area contributed by atoms with Crippen LogP contribution in [-0.2, 0) is 6.42 Å². The lowest BCUT2D eigenvalue weighted by atomic mass is 9.89. The average molecular weight is 231 g/mol. The quantitative estimate of drug-likeness (QED) is 0.673. The highest BCUT2D eigenvalue weighted by Gasteiger charge is 2.10. The zero-order valence-electron chi connectivity index (χ0n) is 8.90. The van der Waals surface area contributed by atoms with Crippen LogP contribution >= 0.6 is 23.2 Å². The summed E-state index contributed by atoms with van der Waals surface area (Å²) in [5, 5.41) is 1.28. The Kier molecular flexibility index (Phi) is 3.86. The Balaban J connectivity index is 2.65. The van der Waals surface area contributed by atoms with Crippen molar-refractivity contribution < 1.29 is 0 Å². The molecular formula is C12H16Cl2. The number of aryl methyl sites for hydroxylation is 1. The Bertz CT molecular complexity index is 311. The summed E-state index contributed by atoms with van der Waals surface area (Å²) < 4.78 is 0. The van der Waals surface area contributed by atoms with Crippen LogP contribution in [0.1, 0.15) is 32.8 Å². The van der Waals surface area contributed by atoms with E-state index in [1.807, 2.05) is 18.2 Å². The van der Waals surface area contributed by atoms with E-state index in [9.17, 15) is 0 Å². The average Bonchev–Trinajstić information content (AvgIpc) is 2.06. The van der Waals surface area contributed by atoms with Crippen LogP contribution in [0.3, 0.4) is 0 Å². The zero-order valence-corrected chi connectivity index (χ0v) is 10.4. The van der Waals surface area contributed by atoms with Crippen LogP contribution in [0.5, 0.6) is 0 Å². The van der Waals surface area contributed by atoms with Crippen LogP contribution in [0, 0.1) is 5.41 Å². The molecule has 1 aromatic rings. The van der Waals surface area contributed by atoms with Crippen LogP contribution in [-0.4, -0.2) is 0 Å². The fourth-order valence-electron chi connectivity index (χ4n) is 1.21. The van der Waals surface area contributed by atoms with E-state index in [-0.39, 0.29) is 0 Å². The minimum atomic E-state index is 0.367. The molecule has 0 unspecified atom stereocenters. The fourth-order valence-corrected chi connectivity index (χ4v) is 1.54. The lowest BCUT2D eigenvalue weighted by Gasteiger charge is -2.17. The van der Waals surface area contributed by atoms with E-state index in [1.165, 1.54) is 5.56 Å². The molecule has 0 saturated carbocycles. The molecule has 0 nitrogen and oxygen atoms in total. The monoisotopic (exact) mass is 230 g/mol. The molecule has 1 rings (SSSR count). The minimum absolute atomic E-state index is 0.367. The van der Waals surface area contributed by atoms with E-state index in [0.29, 0.717) is 15.5 Å². The number of hydrogen-bond acceptors (Lipinski definition) is 0. The summed E-state index contributed by atoms with van der Waals surface area (Å²) in [4.78, 5) is 0. The van der Waals surface area contributed by atoms with Crippen molar-refractivity contribution in [3.8, 4) is 0 Å². The molecule has 14 heavy (non-hydrogen) atoms. The summed E-state index contributed by atoms with van der Waals surface area (Å²) in [6, 6.07) is 5.86. The largest absolute Gasteiger partial charge is 0.0827 e. The van der Waals surface area contributed by atoms with Crippen molar-refractivity contribution in [3.63, 3.8) is 0 Å². The van der Waals surface area contributed by atoms with Gasteiger partial charge in [0.15, 0.2) is 0 Å². The highest BCUT2D eigenvalue weighted by Crippen LogP contribution is 2.26. The van der Waals surface area contributed by atoms with Gasteiger partial charge in [-0.05, 0) is 36.0 Å². The van der Waals surface area contributed by atoms with Crippen molar-refractivity contribution in [2.45, 2.75) is 33.6 Å². The molecule has 0 aliphatic carbocycles. The third-order valence-corrected chi connectivity index (χ3v) is 2.89. The molecule has 0 radical (unpaired) electrons. The fraction of sp³-hybridized carbons (Fsp3) is 0.500. The summed E-state index contributed by atoms with van der Waals surface area (Å²) in [5.41, 5.74) is 1.63. The van der Waals surface area contributed by atoms with Crippen LogP contribution in [0.4, 0.5) is 0 Å². The summed E-state index contributed by atoms with van der Waals surface area (Å²) in [5.74, 6) is 0. The van der Waals surface area contributed by atoms with Crippen molar-refractivity contribution in [1.29, 1.82) is 0 Å². The Morgan fingerprint density at radius 2 is 1.71 bits per heavy atom. The Morgan fingerprint density at radius 3 is 2.21 bits per heavy atom.